The minimum Gasteiger partial charge on any atom is -0.379 e. The minimum absolute atomic E-state index is 0.0416. The van der Waals surface area contributed by atoms with E-state index in [1.54, 1.807) is 6.07 Å². The first-order valence-electron chi connectivity index (χ1n) is 11.4. The number of nitrogens with zero attached hydrogens (tertiary/aromatic N) is 4. The van der Waals surface area contributed by atoms with Gasteiger partial charge < -0.3 is 10.1 Å². The van der Waals surface area contributed by atoms with Crippen molar-refractivity contribution in [2.45, 2.75) is 20.4 Å². The maximum Gasteiger partial charge on any atom is 0.352 e. The Morgan fingerprint density at radius 3 is 2.47 bits per heavy atom. The van der Waals surface area contributed by atoms with Crippen LogP contribution in [0.4, 0.5) is 0 Å². The zero-order chi connectivity index (χ0) is 24.1. The molecular formula is C25H29N5O4. The lowest BCUT2D eigenvalue weighted by Gasteiger charge is -2.26. The van der Waals surface area contributed by atoms with Gasteiger partial charge in [-0.1, -0.05) is 36.4 Å². The lowest BCUT2D eigenvalue weighted by molar-refractivity contribution is 0.0383. The summed E-state index contributed by atoms with van der Waals surface area (Å²) in [7, 11) is 0. The standard InChI is InChI=1S/C25H29N5O4/c1-18-8-9-21(16-19(18)2)30-25(33)29(17-20-6-4-3-5-7-20)24(32)22(27-30)23(31)26-10-11-28-12-14-34-15-13-28/h3-9,16H,10-15,17H2,1-2H3,(H,26,31). The molecule has 0 spiro atoms. The van der Waals surface area contributed by atoms with E-state index in [-0.39, 0.29) is 12.2 Å². The van der Waals surface area contributed by atoms with Gasteiger partial charge >= 0.3 is 5.69 Å². The van der Waals surface area contributed by atoms with Gasteiger partial charge in [0, 0.05) is 26.2 Å². The molecule has 3 aromatic rings. The molecule has 1 fully saturated rings. The van der Waals surface area contributed by atoms with E-state index in [0.29, 0.717) is 32.0 Å². The molecule has 0 aliphatic carbocycles. The van der Waals surface area contributed by atoms with Crippen molar-refractivity contribution in [2.24, 2.45) is 0 Å². The molecule has 0 bridgehead atoms. The van der Waals surface area contributed by atoms with Crippen molar-refractivity contribution >= 4 is 5.91 Å². The van der Waals surface area contributed by atoms with Crippen molar-refractivity contribution in [2.75, 3.05) is 39.4 Å². The van der Waals surface area contributed by atoms with Crippen LogP contribution in [0.5, 0.6) is 0 Å². The second kappa shape index (κ2) is 10.6. The average molecular weight is 464 g/mol. The molecule has 1 amide bonds. The molecule has 2 aromatic carbocycles. The first kappa shape index (κ1) is 23.6. The van der Waals surface area contributed by atoms with Gasteiger partial charge in [-0.25, -0.2) is 4.79 Å². The predicted octanol–water partition coefficient (Wildman–Crippen LogP) is 1.12. The summed E-state index contributed by atoms with van der Waals surface area (Å²) < 4.78 is 7.54. The van der Waals surface area contributed by atoms with Gasteiger partial charge in [0.25, 0.3) is 11.5 Å². The van der Waals surface area contributed by atoms with Gasteiger partial charge in [-0.2, -0.15) is 9.78 Å². The van der Waals surface area contributed by atoms with Crippen LogP contribution < -0.4 is 16.6 Å². The highest BCUT2D eigenvalue weighted by molar-refractivity contribution is 5.91. The van der Waals surface area contributed by atoms with Crippen molar-refractivity contribution in [3.05, 3.63) is 91.8 Å². The van der Waals surface area contributed by atoms with Gasteiger partial charge in [0.1, 0.15) is 0 Å². The Morgan fingerprint density at radius 1 is 1.03 bits per heavy atom. The molecule has 0 radical (unpaired) electrons. The van der Waals surface area contributed by atoms with Crippen molar-refractivity contribution in [3.63, 3.8) is 0 Å². The second-order valence-corrected chi connectivity index (χ2v) is 8.40. The number of nitrogens with one attached hydrogen (secondary N) is 1. The summed E-state index contributed by atoms with van der Waals surface area (Å²) in [6.07, 6.45) is 0. The Bertz CT molecular complexity index is 1280. The third-order valence-electron chi connectivity index (χ3n) is 6.01. The Morgan fingerprint density at radius 2 is 1.76 bits per heavy atom. The van der Waals surface area contributed by atoms with Crippen molar-refractivity contribution < 1.29 is 9.53 Å². The van der Waals surface area contributed by atoms with Gasteiger partial charge in [-0.3, -0.25) is 19.1 Å². The molecule has 1 aliphatic rings. The number of ether oxygens (including phenoxy) is 1. The topological polar surface area (TPSA) is 98.5 Å². The SMILES string of the molecule is Cc1ccc(-n2nc(C(=O)NCCN3CCOCC3)c(=O)n(Cc3ccccc3)c2=O)cc1C. The number of hydrogen-bond donors (Lipinski definition) is 1. The molecule has 1 saturated heterocycles. The van der Waals surface area contributed by atoms with E-state index in [4.69, 9.17) is 4.74 Å². The van der Waals surface area contributed by atoms with Crippen LogP contribution in [-0.4, -0.2) is 64.5 Å². The third-order valence-corrected chi connectivity index (χ3v) is 6.01. The van der Waals surface area contributed by atoms with Gasteiger partial charge in [-0.15, -0.1) is 0 Å². The van der Waals surface area contributed by atoms with Crippen LogP contribution in [0.3, 0.4) is 0 Å². The quantitative estimate of drug-likeness (QED) is 0.564. The van der Waals surface area contributed by atoms with Crippen molar-refractivity contribution in [1.82, 2.24) is 24.6 Å². The number of aryl methyl sites for hydroxylation is 2. The molecule has 0 unspecified atom stereocenters. The first-order valence-corrected chi connectivity index (χ1v) is 11.4. The summed E-state index contributed by atoms with van der Waals surface area (Å²) in [5, 5.41) is 6.99. The lowest BCUT2D eigenvalue weighted by atomic mass is 10.1. The predicted molar refractivity (Wildman–Crippen MR) is 129 cm³/mol. The summed E-state index contributed by atoms with van der Waals surface area (Å²) in [6.45, 7) is 7.89. The maximum atomic E-state index is 13.3. The van der Waals surface area contributed by atoms with Crippen LogP contribution in [0.2, 0.25) is 0 Å². The fraction of sp³-hybridized carbons (Fsp3) is 0.360. The van der Waals surface area contributed by atoms with Crippen LogP contribution in [0.25, 0.3) is 5.69 Å². The molecule has 9 nitrogen and oxygen atoms in total. The number of hydrogen-bond acceptors (Lipinski definition) is 6. The largest absolute Gasteiger partial charge is 0.379 e. The van der Waals surface area contributed by atoms with Gasteiger partial charge in [0.15, 0.2) is 0 Å². The Labute approximate surface area is 197 Å². The van der Waals surface area contributed by atoms with Crippen LogP contribution in [0.1, 0.15) is 27.2 Å². The van der Waals surface area contributed by atoms with E-state index in [1.165, 1.54) is 0 Å². The number of carbonyl (C=O) groups excluding carboxylic acids is 1. The zero-order valence-electron chi connectivity index (χ0n) is 19.5. The van der Waals surface area contributed by atoms with Gasteiger partial charge in [0.2, 0.25) is 5.69 Å². The highest BCUT2D eigenvalue weighted by atomic mass is 16.5. The number of morpholine rings is 1. The van der Waals surface area contributed by atoms with Gasteiger partial charge in [0.05, 0.1) is 25.4 Å². The molecule has 178 valence electrons. The minimum atomic E-state index is -0.710. The van der Waals surface area contributed by atoms with Crippen LogP contribution >= 0.6 is 0 Å². The van der Waals surface area contributed by atoms with Crippen LogP contribution in [-0.2, 0) is 11.3 Å². The monoisotopic (exact) mass is 463 g/mol. The summed E-state index contributed by atoms with van der Waals surface area (Å²) >= 11 is 0. The molecule has 0 saturated carbocycles. The molecule has 0 atom stereocenters. The molecular weight excluding hydrogens is 434 g/mol. The van der Waals surface area contributed by atoms with E-state index < -0.39 is 17.2 Å². The molecule has 2 heterocycles. The van der Waals surface area contributed by atoms with Crippen molar-refractivity contribution in [3.8, 4) is 5.69 Å². The third kappa shape index (κ3) is 5.32. The first-order chi connectivity index (χ1) is 16.4. The molecule has 4 rings (SSSR count). The highest BCUT2D eigenvalue weighted by Crippen LogP contribution is 2.12. The fourth-order valence-corrected chi connectivity index (χ4v) is 3.82. The molecule has 34 heavy (non-hydrogen) atoms. The Kier molecular flexibility index (Phi) is 7.34. The second-order valence-electron chi connectivity index (χ2n) is 8.40. The Hall–Kier alpha value is -3.56. The van der Waals surface area contributed by atoms with E-state index in [2.05, 4.69) is 15.3 Å². The molecule has 9 heteroatoms. The summed E-state index contributed by atoms with van der Waals surface area (Å²) in [5.41, 5.74) is 1.70. The smallest absolute Gasteiger partial charge is 0.352 e. The number of benzene rings is 2. The van der Waals surface area contributed by atoms with Gasteiger partial charge in [-0.05, 0) is 42.7 Å². The maximum absolute atomic E-state index is 13.3. The molecule has 1 N–H and O–H groups in total. The zero-order valence-corrected chi connectivity index (χ0v) is 19.5. The summed E-state index contributed by atoms with van der Waals surface area (Å²) in [6, 6.07) is 14.7. The number of amides is 1. The number of aromatic nitrogens is 3. The number of rotatable bonds is 7. The summed E-state index contributed by atoms with van der Waals surface area (Å²) in [5.74, 6) is -0.599. The number of carbonyl (C=O) groups is 1. The Balaban J connectivity index is 1.68. The highest BCUT2D eigenvalue weighted by Gasteiger charge is 2.21. The lowest BCUT2D eigenvalue weighted by Crippen LogP contribution is -2.47. The van der Waals surface area contributed by atoms with E-state index >= 15 is 0 Å². The normalized spacial score (nSPS) is 14.2. The average Bonchev–Trinajstić information content (AvgIpc) is 2.85. The van der Waals surface area contributed by atoms with Crippen LogP contribution in [0, 0.1) is 13.8 Å². The summed E-state index contributed by atoms with van der Waals surface area (Å²) in [4.78, 5) is 41.7. The van der Waals surface area contributed by atoms with E-state index in [0.717, 1.165) is 39.0 Å². The van der Waals surface area contributed by atoms with E-state index in [1.807, 2.05) is 56.3 Å². The fourth-order valence-electron chi connectivity index (χ4n) is 3.82. The van der Waals surface area contributed by atoms with Crippen molar-refractivity contribution in [1.29, 1.82) is 0 Å². The molecule has 1 aromatic heterocycles. The van der Waals surface area contributed by atoms with E-state index in [9.17, 15) is 14.4 Å². The molecule has 1 aliphatic heterocycles. The van der Waals surface area contributed by atoms with Crippen LogP contribution in [0.15, 0.2) is 58.1 Å².